The van der Waals surface area contributed by atoms with Crippen molar-refractivity contribution < 1.29 is 0 Å². The van der Waals surface area contributed by atoms with Crippen molar-refractivity contribution in [2.45, 2.75) is 6.04 Å². The molecule has 0 saturated heterocycles. The highest BCUT2D eigenvalue weighted by Crippen LogP contribution is 2.16. The Balaban J connectivity index is 2.27. The molecule has 0 aliphatic carbocycles. The molecule has 0 aromatic carbocycles. The molecule has 0 fully saturated rings. The minimum Gasteiger partial charge on any atom is -0.318 e. The monoisotopic (exact) mass is 198 g/mol. The molecule has 62 valence electrons. The first-order chi connectivity index (χ1) is 5.88. The Bertz CT molecular complexity index is 294. The van der Waals surface area contributed by atoms with Crippen LogP contribution < -0.4 is 5.73 Å². The van der Waals surface area contributed by atoms with Gasteiger partial charge in [-0.25, -0.2) is 4.98 Å². The molecular weight excluding hydrogens is 192 g/mol. The lowest BCUT2D eigenvalue weighted by atomic mass is 10.2. The van der Waals surface area contributed by atoms with Gasteiger partial charge in [0.15, 0.2) is 0 Å². The van der Waals surface area contributed by atoms with Gasteiger partial charge in [-0.1, -0.05) is 0 Å². The van der Waals surface area contributed by atoms with Gasteiger partial charge in [-0.2, -0.15) is 8.75 Å². The van der Waals surface area contributed by atoms with Crippen LogP contribution in [0.1, 0.15) is 17.4 Å². The highest BCUT2D eigenvalue weighted by atomic mass is 32.1. The van der Waals surface area contributed by atoms with Crippen molar-refractivity contribution in [2.75, 3.05) is 0 Å². The van der Waals surface area contributed by atoms with Gasteiger partial charge in [0, 0.05) is 5.38 Å². The van der Waals surface area contributed by atoms with E-state index >= 15 is 0 Å². The summed E-state index contributed by atoms with van der Waals surface area (Å²) in [5.41, 5.74) is 9.25. The van der Waals surface area contributed by atoms with Crippen molar-refractivity contribution in [1.82, 2.24) is 13.7 Å². The van der Waals surface area contributed by atoms with Crippen LogP contribution in [0, 0.1) is 0 Å². The van der Waals surface area contributed by atoms with E-state index in [2.05, 4.69) is 13.7 Å². The number of nitrogens with zero attached hydrogens (tertiary/aromatic N) is 3. The van der Waals surface area contributed by atoms with Crippen molar-refractivity contribution in [1.29, 1.82) is 0 Å². The summed E-state index contributed by atoms with van der Waals surface area (Å²) in [6.07, 6.45) is 1.68. The van der Waals surface area contributed by atoms with Crippen molar-refractivity contribution in [2.24, 2.45) is 5.73 Å². The fourth-order valence-electron chi connectivity index (χ4n) is 0.836. The van der Waals surface area contributed by atoms with Gasteiger partial charge in [-0.15, -0.1) is 11.3 Å². The summed E-state index contributed by atoms with van der Waals surface area (Å²) in [7, 11) is 0. The molecule has 0 amide bonds. The molecule has 2 heterocycles. The maximum atomic E-state index is 5.85. The van der Waals surface area contributed by atoms with Gasteiger partial charge in [-0.3, -0.25) is 0 Å². The van der Waals surface area contributed by atoms with E-state index in [0.717, 1.165) is 23.1 Å². The Kier molecular flexibility index (Phi) is 2.11. The largest absolute Gasteiger partial charge is 0.318 e. The Hall–Kier alpha value is -0.850. The van der Waals surface area contributed by atoms with Crippen LogP contribution in [-0.4, -0.2) is 13.7 Å². The number of hydrogen-bond acceptors (Lipinski definition) is 6. The van der Waals surface area contributed by atoms with Crippen LogP contribution >= 0.6 is 23.1 Å². The SMILES string of the molecule is NC(c1cscn1)c1cnsn1. The van der Waals surface area contributed by atoms with Gasteiger partial charge in [0.1, 0.15) is 0 Å². The second kappa shape index (κ2) is 3.26. The molecule has 2 aromatic heterocycles. The first-order valence-corrected chi connectivity index (χ1v) is 4.96. The molecule has 0 saturated carbocycles. The highest BCUT2D eigenvalue weighted by Gasteiger charge is 2.12. The maximum Gasteiger partial charge on any atom is 0.0971 e. The van der Waals surface area contributed by atoms with Crippen LogP contribution in [0.5, 0.6) is 0 Å². The first kappa shape index (κ1) is 7.78. The van der Waals surface area contributed by atoms with Crippen LogP contribution in [-0.2, 0) is 0 Å². The Labute approximate surface area is 77.4 Å². The zero-order valence-electron chi connectivity index (χ0n) is 6.04. The normalized spacial score (nSPS) is 13.1. The number of thiazole rings is 1. The van der Waals surface area contributed by atoms with E-state index in [1.54, 1.807) is 11.7 Å². The standard InChI is InChI=1S/C6H6N4S2/c7-6(4-1-9-12-10-4)5-2-11-3-8-5/h1-3,6H,7H2. The zero-order valence-corrected chi connectivity index (χ0v) is 7.68. The van der Waals surface area contributed by atoms with Gasteiger partial charge in [0.2, 0.25) is 0 Å². The molecule has 12 heavy (non-hydrogen) atoms. The minimum atomic E-state index is -0.227. The predicted octanol–water partition coefficient (Wildman–Crippen LogP) is 1.04. The van der Waals surface area contributed by atoms with Crippen LogP contribution in [0.15, 0.2) is 17.1 Å². The van der Waals surface area contributed by atoms with Gasteiger partial charge < -0.3 is 5.73 Å². The molecule has 2 aromatic rings. The van der Waals surface area contributed by atoms with E-state index < -0.39 is 0 Å². The molecule has 0 bridgehead atoms. The maximum absolute atomic E-state index is 5.85. The average molecular weight is 198 g/mol. The van der Waals surface area contributed by atoms with Crippen LogP contribution in [0.3, 0.4) is 0 Å². The van der Waals surface area contributed by atoms with Crippen LogP contribution in [0.4, 0.5) is 0 Å². The average Bonchev–Trinajstić information content (AvgIpc) is 2.77. The molecule has 2 rings (SSSR count). The predicted molar refractivity (Wildman–Crippen MR) is 48.1 cm³/mol. The topological polar surface area (TPSA) is 64.7 Å². The van der Waals surface area contributed by atoms with Crippen LogP contribution in [0.25, 0.3) is 0 Å². The number of aromatic nitrogens is 3. The number of rotatable bonds is 2. The first-order valence-electron chi connectivity index (χ1n) is 3.29. The smallest absolute Gasteiger partial charge is 0.0971 e. The van der Waals surface area contributed by atoms with E-state index in [1.807, 2.05) is 5.38 Å². The minimum absolute atomic E-state index is 0.227. The third kappa shape index (κ3) is 1.36. The summed E-state index contributed by atoms with van der Waals surface area (Å²) in [6.45, 7) is 0. The lowest BCUT2D eigenvalue weighted by molar-refractivity contribution is 0.815. The fraction of sp³-hybridized carbons (Fsp3) is 0.167. The second-order valence-electron chi connectivity index (χ2n) is 2.22. The third-order valence-electron chi connectivity index (χ3n) is 1.47. The van der Waals surface area contributed by atoms with Crippen LogP contribution in [0.2, 0.25) is 0 Å². The molecule has 6 heteroatoms. The van der Waals surface area contributed by atoms with Gasteiger partial charge in [-0.05, 0) is 0 Å². The molecule has 0 aliphatic rings. The quantitative estimate of drug-likeness (QED) is 0.783. The summed E-state index contributed by atoms with van der Waals surface area (Å²) in [5, 5.41) is 1.92. The van der Waals surface area contributed by atoms with E-state index in [4.69, 9.17) is 5.73 Å². The Morgan fingerprint density at radius 1 is 1.42 bits per heavy atom. The van der Waals surface area contributed by atoms with E-state index in [1.165, 1.54) is 11.3 Å². The third-order valence-corrected chi connectivity index (χ3v) is 2.56. The summed E-state index contributed by atoms with van der Waals surface area (Å²) in [4.78, 5) is 4.10. The summed E-state index contributed by atoms with van der Waals surface area (Å²) in [5.74, 6) is 0. The molecule has 4 nitrogen and oxygen atoms in total. The van der Waals surface area contributed by atoms with Crippen molar-refractivity contribution >= 4 is 23.1 Å². The number of hydrogen-bond donors (Lipinski definition) is 1. The summed E-state index contributed by atoms with van der Waals surface area (Å²) in [6, 6.07) is -0.227. The lowest BCUT2D eigenvalue weighted by Crippen LogP contribution is -2.12. The highest BCUT2D eigenvalue weighted by molar-refractivity contribution is 7.07. The number of nitrogens with two attached hydrogens (primary N) is 1. The molecule has 2 N–H and O–H groups in total. The van der Waals surface area contributed by atoms with Crippen molar-refractivity contribution in [3.63, 3.8) is 0 Å². The summed E-state index contributed by atoms with van der Waals surface area (Å²) < 4.78 is 7.92. The molecule has 1 atom stereocenters. The zero-order chi connectivity index (χ0) is 8.39. The molecule has 0 aliphatic heterocycles. The van der Waals surface area contributed by atoms with E-state index in [9.17, 15) is 0 Å². The second-order valence-corrected chi connectivity index (χ2v) is 3.50. The van der Waals surface area contributed by atoms with Gasteiger partial charge in [0.05, 0.1) is 40.9 Å². The van der Waals surface area contributed by atoms with Gasteiger partial charge >= 0.3 is 0 Å². The Morgan fingerprint density at radius 2 is 2.33 bits per heavy atom. The summed E-state index contributed by atoms with van der Waals surface area (Å²) >= 11 is 2.69. The molecule has 0 radical (unpaired) electrons. The van der Waals surface area contributed by atoms with Crippen molar-refractivity contribution in [3.8, 4) is 0 Å². The fourth-order valence-corrected chi connectivity index (χ4v) is 1.88. The molecular formula is C6H6N4S2. The van der Waals surface area contributed by atoms with E-state index in [-0.39, 0.29) is 6.04 Å². The molecule has 1 unspecified atom stereocenters. The van der Waals surface area contributed by atoms with Crippen molar-refractivity contribution in [3.05, 3.63) is 28.5 Å². The Morgan fingerprint density at radius 3 is 2.92 bits per heavy atom. The van der Waals surface area contributed by atoms with Gasteiger partial charge in [0.25, 0.3) is 0 Å². The van der Waals surface area contributed by atoms with E-state index in [0.29, 0.717) is 0 Å². The molecule has 0 spiro atoms. The lowest BCUT2D eigenvalue weighted by Gasteiger charge is -2.02.